The Kier molecular flexibility index (Phi) is 8.48. The van der Waals surface area contributed by atoms with Crippen LogP contribution in [0.25, 0.3) is 0 Å². The van der Waals surface area contributed by atoms with Crippen LogP contribution in [0.3, 0.4) is 0 Å². The van der Waals surface area contributed by atoms with Crippen molar-refractivity contribution in [3.05, 3.63) is 28.8 Å². The van der Waals surface area contributed by atoms with E-state index in [1.807, 2.05) is 6.92 Å². The number of carbonyl (C=O) groups excluding carboxylic acids is 2. The number of rotatable bonds is 9. The molecule has 0 fully saturated rings. The van der Waals surface area contributed by atoms with Gasteiger partial charge in [0.1, 0.15) is 5.75 Å². The number of aryl methyl sites for hydroxylation is 1. The van der Waals surface area contributed by atoms with Crippen molar-refractivity contribution < 1.29 is 19.1 Å². The minimum absolute atomic E-state index is 0.160. The molecular weight excluding hydrogens is 318 g/mol. The predicted octanol–water partition coefficient (Wildman–Crippen LogP) is 3.27. The fraction of sp³-hybridized carbons (Fsp3) is 0.529. The van der Waals surface area contributed by atoms with E-state index in [0.29, 0.717) is 23.7 Å². The number of unbranched alkanes of at least 4 members (excludes halogenated alkanes) is 2. The molecule has 0 aliphatic rings. The van der Waals surface area contributed by atoms with E-state index in [1.54, 1.807) is 25.1 Å². The molecule has 5 nitrogen and oxygen atoms in total. The first-order valence-electron chi connectivity index (χ1n) is 7.71. The summed E-state index contributed by atoms with van der Waals surface area (Å²) in [5.74, 6) is 0.289. The maximum Gasteiger partial charge on any atom is 0.305 e. The number of hydrogen-bond acceptors (Lipinski definition) is 4. The summed E-state index contributed by atoms with van der Waals surface area (Å²) in [5.41, 5.74) is 0.889. The van der Waals surface area contributed by atoms with Gasteiger partial charge in [0, 0.05) is 18.0 Å². The van der Waals surface area contributed by atoms with Crippen LogP contribution in [0.2, 0.25) is 5.02 Å². The Balaban J connectivity index is 2.25. The normalized spacial score (nSPS) is 11.7. The number of carbonyl (C=O) groups is 2. The quantitative estimate of drug-likeness (QED) is 0.553. The van der Waals surface area contributed by atoms with Crippen molar-refractivity contribution >= 4 is 23.5 Å². The largest absolute Gasteiger partial charge is 0.481 e. The summed E-state index contributed by atoms with van der Waals surface area (Å²) in [6, 6.07) is 5.28. The first-order chi connectivity index (χ1) is 10.9. The van der Waals surface area contributed by atoms with Crippen molar-refractivity contribution in [3.8, 4) is 5.75 Å². The second kappa shape index (κ2) is 10.1. The smallest absolute Gasteiger partial charge is 0.305 e. The summed E-state index contributed by atoms with van der Waals surface area (Å²) in [6.07, 6.45) is 2.28. The van der Waals surface area contributed by atoms with Gasteiger partial charge in [-0.05, 0) is 50.5 Å². The fourth-order valence-electron chi connectivity index (χ4n) is 2.02. The maximum atomic E-state index is 12.0. The van der Waals surface area contributed by atoms with Gasteiger partial charge in [0.2, 0.25) is 0 Å². The zero-order valence-corrected chi connectivity index (χ0v) is 14.6. The van der Waals surface area contributed by atoms with E-state index in [2.05, 4.69) is 10.1 Å². The molecule has 0 aliphatic heterocycles. The van der Waals surface area contributed by atoms with Gasteiger partial charge in [-0.1, -0.05) is 18.0 Å². The van der Waals surface area contributed by atoms with E-state index in [1.165, 1.54) is 7.11 Å². The molecule has 0 saturated carbocycles. The molecule has 0 bridgehead atoms. The van der Waals surface area contributed by atoms with Crippen molar-refractivity contribution in [1.29, 1.82) is 0 Å². The van der Waals surface area contributed by atoms with E-state index in [-0.39, 0.29) is 11.9 Å². The summed E-state index contributed by atoms with van der Waals surface area (Å²) >= 11 is 5.89. The molecule has 0 heterocycles. The third kappa shape index (κ3) is 7.37. The van der Waals surface area contributed by atoms with Crippen molar-refractivity contribution in [3.63, 3.8) is 0 Å². The Morgan fingerprint density at radius 2 is 2.00 bits per heavy atom. The van der Waals surface area contributed by atoms with Gasteiger partial charge in [-0.25, -0.2) is 0 Å². The lowest BCUT2D eigenvalue weighted by Crippen LogP contribution is -2.36. The minimum Gasteiger partial charge on any atom is -0.481 e. The molecule has 1 unspecified atom stereocenters. The van der Waals surface area contributed by atoms with Crippen molar-refractivity contribution in [2.75, 3.05) is 13.7 Å². The van der Waals surface area contributed by atoms with Gasteiger partial charge in [0.05, 0.1) is 7.11 Å². The number of nitrogens with one attached hydrogen (secondary N) is 1. The van der Waals surface area contributed by atoms with Crippen molar-refractivity contribution in [1.82, 2.24) is 5.32 Å². The first kappa shape index (κ1) is 19.3. The monoisotopic (exact) mass is 341 g/mol. The summed E-state index contributed by atoms with van der Waals surface area (Å²) in [4.78, 5) is 22.9. The number of benzene rings is 1. The summed E-state index contributed by atoms with van der Waals surface area (Å²) in [7, 11) is 1.38. The summed E-state index contributed by atoms with van der Waals surface area (Å²) in [5, 5.41) is 3.47. The SMILES string of the molecule is COC(=O)CCCCCNC(=O)C(C)Oc1ccc(Cl)cc1C. The van der Waals surface area contributed by atoms with Gasteiger partial charge in [-0.3, -0.25) is 9.59 Å². The highest BCUT2D eigenvalue weighted by Crippen LogP contribution is 2.22. The molecule has 0 aliphatic carbocycles. The van der Waals surface area contributed by atoms with Crippen LogP contribution in [-0.2, 0) is 14.3 Å². The molecule has 23 heavy (non-hydrogen) atoms. The molecule has 0 aromatic heterocycles. The van der Waals surface area contributed by atoms with E-state index < -0.39 is 6.10 Å². The molecule has 1 rings (SSSR count). The molecular formula is C17H24ClNO4. The van der Waals surface area contributed by atoms with Crippen LogP contribution in [0.1, 0.15) is 38.2 Å². The highest BCUT2D eigenvalue weighted by molar-refractivity contribution is 6.30. The number of methoxy groups -OCH3 is 1. The molecule has 128 valence electrons. The van der Waals surface area contributed by atoms with Crippen LogP contribution in [0.4, 0.5) is 0 Å². The average molecular weight is 342 g/mol. The lowest BCUT2D eigenvalue weighted by molar-refractivity contribution is -0.140. The zero-order valence-electron chi connectivity index (χ0n) is 13.9. The maximum absolute atomic E-state index is 12.0. The molecule has 0 saturated heterocycles. The third-order valence-electron chi connectivity index (χ3n) is 3.39. The Hall–Kier alpha value is -1.75. The molecule has 1 atom stereocenters. The van der Waals surface area contributed by atoms with Crippen LogP contribution in [0, 0.1) is 6.92 Å². The second-order valence-corrected chi connectivity index (χ2v) is 5.78. The highest BCUT2D eigenvalue weighted by Gasteiger charge is 2.15. The zero-order chi connectivity index (χ0) is 17.2. The second-order valence-electron chi connectivity index (χ2n) is 5.35. The number of esters is 1. The molecule has 1 aromatic rings. The highest BCUT2D eigenvalue weighted by atomic mass is 35.5. The van der Waals surface area contributed by atoms with E-state index in [9.17, 15) is 9.59 Å². The fourth-order valence-corrected chi connectivity index (χ4v) is 2.24. The Labute approximate surface area is 142 Å². The van der Waals surface area contributed by atoms with Gasteiger partial charge >= 0.3 is 5.97 Å². The van der Waals surface area contributed by atoms with Gasteiger partial charge in [0.25, 0.3) is 5.91 Å². The first-order valence-corrected chi connectivity index (χ1v) is 8.09. The van der Waals surface area contributed by atoms with Crippen LogP contribution < -0.4 is 10.1 Å². The molecule has 1 N–H and O–H groups in total. The topological polar surface area (TPSA) is 64.6 Å². The van der Waals surface area contributed by atoms with Crippen molar-refractivity contribution in [2.45, 2.75) is 45.6 Å². The Morgan fingerprint density at radius 1 is 1.26 bits per heavy atom. The third-order valence-corrected chi connectivity index (χ3v) is 3.63. The Bertz CT molecular complexity index is 533. The standard InChI is InChI=1S/C17H24ClNO4/c1-12-11-14(18)8-9-15(12)23-13(2)17(21)19-10-6-4-5-7-16(20)22-3/h8-9,11,13H,4-7,10H2,1-3H3,(H,19,21). The van der Waals surface area contributed by atoms with E-state index in [0.717, 1.165) is 24.8 Å². The molecule has 0 spiro atoms. The summed E-state index contributed by atoms with van der Waals surface area (Å²) < 4.78 is 10.2. The van der Waals surface area contributed by atoms with Gasteiger partial charge in [-0.15, -0.1) is 0 Å². The van der Waals surface area contributed by atoms with Crippen molar-refractivity contribution in [2.24, 2.45) is 0 Å². The number of ether oxygens (including phenoxy) is 2. The molecule has 1 aromatic carbocycles. The lowest BCUT2D eigenvalue weighted by Gasteiger charge is -2.16. The Morgan fingerprint density at radius 3 is 2.65 bits per heavy atom. The van der Waals surface area contributed by atoms with Gasteiger partial charge in [-0.2, -0.15) is 0 Å². The predicted molar refractivity (Wildman–Crippen MR) is 89.8 cm³/mol. The number of hydrogen-bond donors (Lipinski definition) is 1. The van der Waals surface area contributed by atoms with Crippen LogP contribution >= 0.6 is 11.6 Å². The van der Waals surface area contributed by atoms with E-state index in [4.69, 9.17) is 16.3 Å². The van der Waals surface area contributed by atoms with Crippen LogP contribution in [0.15, 0.2) is 18.2 Å². The van der Waals surface area contributed by atoms with Gasteiger partial charge < -0.3 is 14.8 Å². The van der Waals surface area contributed by atoms with Gasteiger partial charge in [0.15, 0.2) is 6.10 Å². The number of halogens is 1. The van der Waals surface area contributed by atoms with Crippen LogP contribution in [0.5, 0.6) is 5.75 Å². The van der Waals surface area contributed by atoms with E-state index >= 15 is 0 Å². The summed E-state index contributed by atoms with van der Waals surface area (Å²) in [6.45, 7) is 4.15. The number of amides is 1. The molecule has 0 radical (unpaired) electrons. The average Bonchev–Trinajstić information content (AvgIpc) is 2.52. The molecule has 6 heteroatoms. The lowest BCUT2D eigenvalue weighted by atomic mass is 10.2. The van der Waals surface area contributed by atoms with Crippen LogP contribution in [-0.4, -0.2) is 31.6 Å². The minimum atomic E-state index is -0.579. The molecule has 1 amide bonds.